The summed E-state index contributed by atoms with van der Waals surface area (Å²) in [7, 11) is 0. The summed E-state index contributed by atoms with van der Waals surface area (Å²) >= 11 is 0. The first kappa shape index (κ1) is 12.9. The molecule has 0 aromatic heterocycles. The molecule has 1 saturated carbocycles. The second-order valence-electron chi connectivity index (χ2n) is 5.33. The van der Waals surface area contributed by atoms with E-state index in [4.69, 9.17) is 5.73 Å². The number of anilines is 2. The monoisotopic (exact) mass is 276 g/mol. The highest BCUT2D eigenvalue weighted by atomic mass is 16.6. The fraction of sp³-hybridized carbons (Fsp3) is 0.462. The van der Waals surface area contributed by atoms with Gasteiger partial charge in [0, 0.05) is 24.3 Å². The maximum absolute atomic E-state index is 11.4. The molecule has 2 aliphatic rings. The Morgan fingerprint density at radius 1 is 1.50 bits per heavy atom. The van der Waals surface area contributed by atoms with Crippen LogP contribution < -0.4 is 16.4 Å². The maximum Gasteiger partial charge on any atom is 0.292 e. The van der Waals surface area contributed by atoms with Crippen molar-refractivity contribution in [2.24, 2.45) is 11.7 Å². The van der Waals surface area contributed by atoms with Crippen LogP contribution in [0.25, 0.3) is 0 Å². The number of nitro benzene ring substituents is 1. The number of nitro groups is 1. The molecule has 1 aromatic carbocycles. The Bertz CT molecular complexity index is 583. The van der Waals surface area contributed by atoms with Gasteiger partial charge in [0.25, 0.3) is 5.69 Å². The molecule has 0 bridgehead atoms. The highest BCUT2D eigenvalue weighted by molar-refractivity contribution is 6.00. The molecule has 7 nitrogen and oxygen atoms in total. The van der Waals surface area contributed by atoms with Gasteiger partial charge in [0.2, 0.25) is 5.91 Å². The number of carbonyl (C=O) groups is 1. The van der Waals surface area contributed by atoms with Crippen molar-refractivity contribution in [3.8, 4) is 0 Å². The van der Waals surface area contributed by atoms with Crippen LogP contribution in [0.15, 0.2) is 12.1 Å². The van der Waals surface area contributed by atoms with Crippen molar-refractivity contribution in [2.45, 2.75) is 25.3 Å². The summed E-state index contributed by atoms with van der Waals surface area (Å²) < 4.78 is 0. The maximum atomic E-state index is 11.4. The molecule has 0 saturated heterocycles. The molecule has 1 amide bonds. The highest BCUT2D eigenvalue weighted by Gasteiger charge is 2.32. The number of carbonyl (C=O) groups excluding carboxylic acids is 1. The van der Waals surface area contributed by atoms with E-state index in [-0.39, 0.29) is 24.1 Å². The molecule has 0 spiro atoms. The second-order valence-corrected chi connectivity index (χ2v) is 5.33. The SMILES string of the molecule is NCC(Nc1cc2c(cc1[N+](=O)[O-])CC(=O)N2)C1CC1. The first-order valence-electron chi connectivity index (χ1n) is 6.66. The molecule has 1 aliphatic heterocycles. The number of benzene rings is 1. The van der Waals surface area contributed by atoms with Crippen molar-refractivity contribution in [1.82, 2.24) is 0 Å². The van der Waals surface area contributed by atoms with E-state index in [1.54, 1.807) is 6.07 Å². The van der Waals surface area contributed by atoms with Gasteiger partial charge in [-0.15, -0.1) is 0 Å². The zero-order valence-electron chi connectivity index (χ0n) is 10.9. The van der Waals surface area contributed by atoms with Gasteiger partial charge in [0.15, 0.2) is 0 Å². The van der Waals surface area contributed by atoms with Crippen LogP contribution >= 0.6 is 0 Å². The smallest absolute Gasteiger partial charge is 0.292 e. The van der Waals surface area contributed by atoms with Crippen LogP contribution in [0.1, 0.15) is 18.4 Å². The van der Waals surface area contributed by atoms with Crippen molar-refractivity contribution in [1.29, 1.82) is 0 Å². The van der Waals surface area contributed by atoms with Crippen LogP contribution in [0.2, 0.25) is 0 Å². The number of amides is 1. The largest absolute Gasteiger partial charge is 0.375 e. The Kier molecular flexibility index (Phi) is 3.06. The molecule has 1 fully saturated rings. The van der Waals surface area contributed by atoms with Crippen molar-refractivity contribution in [3.63, 3.8) is 0 Å². The van der Waals surface area contributed by atoms with Gasteiger partial charge in [-0.1, -0.05) is 0 Å². The third-order valence-corrected chi connectivity index (χ3v) is 3.83. The quantitative estimate of drug-likeness (QED) is 0.553. The van der Waals surface area contributed by atoms with E-state index in [1.807, 2.05) is 0 Å². The lowest BCUT2D eigenvalue weighted by atomic mass is 10.1. The first-order chi connectivity index (χ1) is 9.58. The van der Waals surface area contributed by atoms with Gasteiger partial charge >= 0.3 is 0 Å². The summed E-state index contributed by atoms with van der Waals surface area (Å²) in [6.45, 7) is 0.436. The Morgan fingerprint density at radius 3 is 2.85 bits per heavy atom. The third kappa shape index (κ3) is 2.32. The zero-order valence-corrected chi connectivity index (χ0v) is 10.9. The van der Waals surface area contributed by atoms with Crippen molar-refractivity contribution in [2.75, 3.05) is 17.2 Å². The summed E-state index contributed by atoms with van der Waals surface area (Å²) in [5, 5.41) is 17.1. The van der Waals surface area contributed by atoms with E-state index in [0.717, 1.165) is 12.8 Å². The van der Waals surface area contributed by atoms with Gasteiger partial charge in [0.05, 0.1) is 11.3 Å². The minimum Gasteiger partial charge on any atom is -0.375 e. The summed E-state index contributed by atoms with van der Waals surface area (Å²) in [5.74, 6) is 0.353. The molecule has 1 aliphatic carbocycles. The highest BCUT2D eigenvalue weighted by Crippen LogP contribution is 2.38. The lowest BCUT2D eigenvalue weighted by Gasteiger charge is -2.18. The van der Waals surface area contributed by atoms with Gasteiger partial charge in [0.1, 0.15) is 5.69 Å². The van der Waals surface area contributed by atoms with Crippen molar-refractivity contribution < 1.29 is 9.72 Å². The number of hydrogen-bond acceptors (Lipinski definition) is 5. The number of hydrogen-bond donors (Lipinski definition) is 3. The summed E-state index contributed by atoms with van der Waals surface area (Å²) in [5.41, 5.74) is 7.47. The molecule has 0 radical (unpaired) electrons. The molecule has 1 atom stereocenters. The number of nitrogens with two attached hydrogens (primary N) is 1. The first-order valence-corrected chi connectivity index (χ1v) is 6.66. The van der Waals surface area contributed by atoms with E-state index in [9.17, 15) is 14.9 Å². The van der Waals surface area contributed by atoms with Gasteiger partial charge in [-0.05, 0) is 30.4 Å². The van der Waals surface area contributed by atoms with Crippen molar-refractivity contribution >= 4 is 23.0 Å². The lowest BCUT2D eigenvalue weighted by Crippen LogP contribution is -2.31. The predicted molar refractivity (Wildman–Crippen MR) is 74.6 cm³/mol. The molecule has 1 heterocycles. The standard InChI is InChI=1S/C13H16N4O3/c14-6-11(7-1-2-7)15-10-5-9-8(4-13(18)16-9)3-12(10)17(19)20/h3,5,7,11,15H,1-2,4,6,14H2,(H,16,18). The van der Waals surface area contributed by atoms with E-state index >= 15 is 0 Å². The van der Waals surface area contributed by atoms with E-state index in [0.29, 0.717) is 29.4 Å². The average molecular weight is 276 g/mol. The predicted octanol–water partition coefficient (Wildman–Crippen LogP) is 1.24. The second kappa shape index (κ2) is 4.75. The van der Waals surface area contributed by atoms with Crippen LogP contribution in [0.3, 0.4) is 0 Å². The van der Waals surface area contributed by atoms with Gasteiger partial charge in [-0.3, -0.25) is 14.9 Å². The molecule has 4 N–H and O–H groups in total. The molecule has 1 unspecified atom stereocenters. The molecule has 106 valence electrons. The van der Waals surface area contributed by atoms with E-state index in [2.05, 4.69) is 10.6 Å². The summed E-state index contributed by atoms with van der Waals surface area (Å²) in [4.78, 5) is 22.1. The number of nitrogens with zero attached hydrogens (tertiary/aromatic N) is 1. The Morgan fingerprint density at radius 2 is 2.25 bits per heavy atom. The fourth-order valence-corrected chi connectivity index (χ4v) is 2.60. The van der Waals surface area contributed by atoms with Gasteiger partial charge < -0.3 is 16.4 Å². The van der Waals surface area contributed by atoms with E-state index < -0.39 is 4.92 Å². The van der Waals surface area contributed by atoms with Gasteiger partial charge in [-0.25, -0.2) is 0 Å². The van der Waals surface area contributed by atoms with Crippen LogP contribution in [-0.2, 0) is 11.2 Å². The molecular weight excluding hydrogens is 260 g/mol. The lowest BCUT2D eigenvalue weighted by molar-refractivity contribution is -0.384. The van der Waals surface area contributed by atoms with Crippen LogP contribution in [0.4, 0.5) is 17.1 Å². The van der Waals surface area contributed by atoms with Crippen molar-refractivity contribution in [3.05, 3.63) is 27.8 Å². The number of fused-ring (bicyclic) bond motifs is 1. The van der Waals surface area contributed by atoms with Crippen LogP contribution in [0.5, 0.6) is 0 Å². The Balaban J connectivity index is 1.94. The summed E-state index contributed by atoms with van der Waals surface area (Å²) in [6.07, 6.45) is 2.40. The molecular formula is C13H16N4O3. The minimum atomic E-state index is -0.425. The van der Waals surface area contributed by atoms with Gasteiger partial charge in [-0.2, -0.15) is 0 Å². The molecule has 3 rings (SSSR count). The minimum absolute atomic E-state index is 0.000602. The van der Waals surface area contributed by atoms with E-state index in [1.165, 1.54) is 6.07 Å². The topological polar surface area (TPSA) is 110 Å². The normalized spacial score (nSPS) is 18.4. The zero-order chi connectivity index (χ0) is 14.3. The Hall–Kier alpha value is -2.15. The fourth-order valence-electron chi connectivity index (χ4n) is 2.60. The third-order valence-electron chi connectivity index (χ3n) is 3.83. The summed E-state index contributed by atoms with van der Waals surface area (Å²) in [6, 6.07) is 3.16. The van der Waals surface area contributed by atoms with Crippen LogP contribution in [-0.4, -0.2) is 23.4 Å². The molecule has 20 heavy (non-hydrogen) atoms. The Labute approximate surface area is 115 Å². The molecule has 1 aromatic rings. The number of rotatable bonds is 5. The average Bonchev–Trinajstić information content (AvgIpc) is 3.16. The number of nitrogens with one attached hydrogen (secondary N) is 2. The van der Waals surface area contributed by atoms with Crippen LogP contribution in [0, 0.1) is 16.0 Å². The molecule has 7 heteroatoms.